The zero-order valence-corrected chi connectivity index (χ0v) is 10.00. The van der Waals surface area contributed by atoms with Crippen LogP contribution in [-0.2, 0) is 0 Å². The van der Waals surface area contributed by atoms with Crippen LogP contribution in [0.4, 0.5) is 0 Å². The van der Waals surface area contributed by atoms with Crippen molar-refractivity contribution in [2.24, 2.45) is 0 Å². The summed E-state index contributed by atoms with van der Waals surface area (Å²) in [6.07, 6.45) is 2.04. The van der Waals surface area contributed by atoms with Crippen LogP contribution in [0, 0.1) is 11.3 Å². The number of amides is 1. The summed E-state index contributed by atoms with van der Waals surface area (Å²) in [5.74, 6) is -0.277. The van der Waals surface area contributed by atoms with Crippen molar-refractivity contribution in [1.29, 1.82) is 5.26 Å². The van der Waals surface area contributed by atoms with Gasteiger partial charge in [0.05, 0.1) is 11.1 Å². The van der Waals surface area contributed by atoms with Gasteiger partial charge in [-0.15, -0.1) is 0 Å². The lowest BCUT2D eigenvalue weighted by Gasteiger charge is -2.05. The monoisotopic (exact) mass is 252 g/mol. The summed E-state index contributed by atoms with van der Waals surface area (Å²) in [6, 6.07) is 6.35. The first-order valence-corrected chi connectivity index (χ1v) is 5.66. The number of rotatable bonds is 5. The van der Waals surface area contributed by atoms with Crippen LogP contribution in [-0.4, -0.2) is 17.6 Å². The fourth-order valence-electron chi connectivity index (χ4n) is 1.28. The number of halogens is 1. The molecule has 1 aromatic rings. The Morgan fingerprint density at radius 2 is 2.24 bits per heavy atom. The molecule has 0 aliphatic rings. The first-order chi connectivity index (χ1) is 8.15. The van der Waals surface area contributed by atoms with E-state index in [-0.39, 0.29) is 16.7 Å². The summed E-state index contributed by atoms with van der Waals surface area (Å²) in [4.78, 5) is 11.6. The van der Waals surface area contributed by atoms with Gasteiger partial charge in [0.1, 0.15) is 5.75 Å². The van der Waals surface area contributed by atoms with Gasteiger partial charge < -0.3 is 10.4 Å². The van der Waals surface area contributed by atoms with Crippen molar-refractivity contribution in [3.8, 4) is 11.8 Å². The van der Waals surface area contributed by atoms with Gasteiger partial charge in [-0.2, -0.15) is 5.26 Å². The molecule has 0 bridgehead atoms. The average Bonchev–Trinajstić information content (AvgIpc) is 2.32. The largest absolute Gasteiger partial charge is 0.506 e. The van der Waals surface area contributed by atoms with Gasteiger partial charge in [0, 0.05) is 18.5 Å². The first kappa shape index (κ1) is 13.3. The Hall–Kier alpha value is -1.73. The molecule has 0 atom stereocenters. The van der Waals surface area contributed by atoms with E-state index < -0.39 is 0 Å². The normalized spacial score (nSPS) is 9.65. The minimum atomic E-state index is -0.233. The van der Waals surface area contributed by atoms with Crippen molar-refractivity contribution >= 4 is 17.5 Å². The van der Waals surface area contributed by atoms with E-state index in [0.717, 1.165) is 12.8 Å². The summed E-state index contributed by atoms with van der Waals surface area (Å²) in [5, 5.41) is 20.4. The second-order valence-electron chi connectivity index (χ2n) is 3.54. The Kier molecular flexibility index (Phi) is 5.31. The average molecular weight is 253 g/mol. The first-order valence-electron chi connectivity index (χ1n) is 5.29. The van der Waals surface area contributed by atoms with E-state index in [9.17, 15) is 9.90 Å². The number of hydrogen-bond acceptors (Lipinski definition) is 3. The Bertz CT molecular complexity index is 441. The minimum absolute atomic E-state index is 0.0442. The van der Waals surface area contributed by atoms with E-state index in [2.05, 4.69) is 5.32 Å². The highest BCUT2D eigenvalue weighted by Crippen LogP contribution is 2.23. The van der Waals surface area contributed by atoms with Crippen LogP contribution in [0.1, 0.15) is 29.6 Å². The Morgan fingerprint density at radius 1 is 1.47 bits per heavy atom. The number of carbonyl (C=O) groups is 1. The molecule has 4 nitrogen and oxygen atoms in total. The molecule has 0 heterocycles. The molecular weight excluding hydrogens is 240 g/mol. The molecule has 5 heteroatoms. The molecule has 1 rings (SSSR count). The Balaban J connectivity index is 2.42. The molecule has 1 aromatic carbocycles. The summed E-state index contributed by atoms with van der Waals surface area (Å²) in [5.41, 5.74) is 0.410. The molecule has 0 aliphatic carbocycles. The van der Waals surface area contributed by atoms with Crippen molar-refractivity contribution < 1.29 is 9.90 Å². The number of phenols is 1. The second kappa shape index (κ2) is 6.77. The Morgan fingerprint density at radius 3 is 2.88 bits per heavy atom. The third kappa shape index (κ3) is 4.33. The van der Waals surface area contributed by atoms with Gasteiger partial charge in [0.2, 0.25) is 0 Å². The lowest BCUT2D eigenvalue weighted by Crippen LogP contribution is -2.24. The summed E-state index contributed by atoms with van der Waals surface area (Å²) < 4.78 is 0. The molecule has 2 N–H and O–H groups in total. The number of unbranched alkanes of at least 4 members (excludes halogenated alkanes) is 2. The standard InChI is InChI=1S/C12H13ClN2O2/c13-10-8-9(4-5-11(10)16)12(17)15-7-3-1-2-6-14/h4-5,8,16H,1-3,7H2,(H,15,17). The lowest BCUT2D eigenvalue weighted by atomic mass is 10.2. The highest BCUT2D eigenvalue weighted by molar-refractivity contribution is 6.32. The van der Waals surface area contributed by atoms with Gasteiger partial charge in [0.25, 0.3) is 5.91 Å². The molecule has 0 radical (unpaired) electrons. The zero-order valence-electron chi connectivity index (χ0n) is 9.24. The number of hydrogen-bond donors (Lipinski definition) is 2. The molecule has 0 aromatic heterocycles. The molecule has 0 saturated heterocycles. The number of aromatic hydroxyl groups is 1. The second-order valence-corrected chi connectivity index (χ2v) is 3.94. The third-order valence-electron chi connectivity index (χ3n) is 2.21. The van der Waals surface area contributed by atoms with Gasteiger partial charge in [-0.25, -0.2) is 0 Å². The predicted molar refractivity (Wildman–Crippen MR) is 64.9 cm³/mol. The number of benzene rings is 1. The molecule has 0 spiro atoms. The number of carbonyl (C=O) groups excluding carboxylic acids is 1. The number of nitrogens with zero attached hydrogens (tertiary/aromatic N) is 1. The molecule has 0 unspecified atom stereocenters. The predicted octanol–water partition coefficient (Wildman–Crippen LogP) is 2.47. The lowest BCUT2D eigenvalue weighted by molar-refractivity contribution is 0.0953. The van der Waals surface area contributed by atoms with Crippen LogP contribution in [0.3, 0.4) is 0 Å². The van der Waals surface area contributed by atoms with Crippen LogP contribution in [0.2, 0.25) is 5.02 Å². The summed E-state index contributed by atoms with van der Waals surface area (Å²) >= 11 is 5.69. The van der Waals surface area contributed by atoms with Gasteiger partial charge >= 0.3 is 0 Å². The highest BCUT2D eigenvalue weighted by atomic mass is 35.5. The van der Waals surface area contributed by atoms with E-state index >= 15 is 0 Å². The summed E-state index contributed by atoms with van der Waals surface area (Å²) in [6.45, 7) is 0.527. The number of nitriles is 1. The van der Waals surface area contributed by atoms with E-state index in [1.54, 1.807) is 0 Å². The van der Waals surface area contributed by atoms with Crippen molar-refractivity contribution in [3.63, 3.8) is 0 Å². The molecule has 0 fully saturated rings. The fourth-order valence-corrected chi connectivity index (χ4v) is 1.46. The van der Waals surface area contributed by atoms with Gasteiger partial charge in [-0.05, 0) is 31.0 Å². The summed E-state index contributed by atoms with van der Waals surface area (Å²) in [7, 11) is 0. The van der Waals surface area contributed by atoms with Crippen LogP contribution >= 0.6 is 11.6 Å². The highest BCUT2D eigenvalue weighted by Gasteiger charge is 2.07. The SMILES string of the molecule is N#CCCCCNC(=O)c1ccc(O)c(Cl)c1. The van der Waals surface area contributed by atoms with Crippen LogP contribution < -0.4 is 5.32 Å². The zero-order chi connectivity index (χ0) is 12.7. The van der Waals surface area contributed by atoms with E-state index in [0.29, 0.717) is 18.5 Å². The molecule has 90 valence electrons. The van der Waals surface area contributed by atoms with Crippen LogP contribution in [0.15, 0.2) is 18.2 Å². The molecule has 0 aliphatic heterocycles. The molecule has 1 amide bonds. The maximum absolute atomic E-state index is 11.6. The number of nitrogens with one attached hydrogen (secondary N) is 1. The van der Waals surface area contributed by atoms with E-state index in [1.807, 2.05) is 6.07 Å². The number of phenolic OH excluding ortho intramolecular Hbond substituents is 1. The third-order valence-corrected chi connectivity index (χ3v) is 2.51. The Labute approximate surface area is 105 Å². The maximum atomic E-state index is 11.6. The van der Waals surface area contributed by atoms with Crippen LogP contribution in [0.5, 0.6) is 5.75 Å². The van der Waals surface area contributed by atoms with Gasteiger partial charge in [-0.1, -0.05) is 11.6 Å². The van der Waals surface area contributed by atoms with Crippen LogP contribution in [0.25, 0.3) is 0 Å². The quantitative estimate of drug-likeness (QED) is 0.791. The van der Waals surface area contributed by atoms with Gasteiger partial charge in [-0.3, -0.25) is 4.79 Å². The van der Waals surface area contributed by atoms with E-state index in [4.69, 9.17) is 16.9 Å². The van der Waals surface area contributed by atoms with Gasteiger partial charge in [0.15, 0.2) is 0 Å². The van der Waals surface area contributed by atoms with E-state index in [1.165, 1.54) is 18.2 Å². The molecule has 0 saturated carbocycles. The minimum Gasteiger partial charge on any atom is -0.506 e. The van der Waals surface area contributed by atoms with Crippen molar-refractivity contribution in [3.05, 3.63) is 28.8 Å². The smallest absolute Gasteiger partial charge is 0.251 e. The molecule has 17 heavy (non-hydrogen) atoms. The van der Waals surface area contributed by atoms with Crippen molar-refractivity contribution in [2.75, 3.05) is 6.54 Å². The fraction of sp³-hybridized carbons (Fsp3) is 0.333. The van der Waals surface area contributed by atoms with Crippen molar-refractivity contribution in [2.45, 2.75) is 19.3 Å². The van der Waals surface area contributed by atoms with Crippen molar-refractivity contribution in [1.82, 2.24) is 5.32 Å². The molecular formula is C12H13ClN2O2. The topological polar surface area (TPSA) is 73.1 Å². The maximum Gasteiger partial charge on any atom is 0.251 e.